The van der Waals surface area contributed by atoms with E-state index >= 15 is 0 Å². The summed E-state index contributed by atoms with van der Waals surface area (Å²) in [6.45, 7) is 0. The number of ether oxygens (including phenoxy) is 1. The molecule has 1 aromatic carbocycles. The molecule has 1 aliphatic rings. The second kappa shape index (κ2) is 4.74. The molecule has 0 unspecified atom stereocenters. The van der Waals surface area contributed by atoms with Crippen LogP contribution < -0.4 is 4.74 Å². The monoisotopic (exact) mass is 277 g/mol. The average molecular weight is 277 g/mol. The highest BCUT2D eigenvalue weighted by atomic mass is 32.1. The zero-order valence-electron chi connectivity index (χ0n) is 10.4. The molecule has 2 aromatic rings. The van der Waals surface area contributed by atoms with Crippen LogP contribution in [0.1, 0.15) is 28.2 Å². The topological polar surface area (TPSA) is 39.2 Å². The van der Waals surface area contributed by atoms with Crippen molar-refractivity contribution in [3.63, 3.8) is 0 Å². The number of Topliss-reactive ketones (excluding diaryl/α,β-unsaturated/α-hetero) is 1. The van der Waals surface area contributed by atoms with E-state index < -0.39 is 0 Å². The SMILES string of the molecule is COc1cccc(F)c1-c1nc2c(s1)CCCC2=O. The number of methoxy groups -OCH3 is 1. The molecule has 1 heterocycles. The summed E-state index contributed by atoms with van der Waals surface area (Å²) in [4.78, 5) is 17.1. The molecule has 0 radical (unpaired) electrons. The minimum absolute atomic E-state index is 0.0547. The van der Waals surface area contributed by atoms with E-state index in [1.54, 1.807) is 12.1 Å². The molecule has 0 saturated heterocycles. The van der Waals surface area contributed by atoms with Crippen LogP contribution in [0.25, 0.3) is 10.6 Å². The van der Waals surface area contributed by atoms with Gasteiger partial charge in [0.05, 0.1) is 12.7 Å². The summed E-state index contributed by atoms with van der Waals surface area (Å²) in [5.41, 5.74) is 0.855. The zero-order chi connectivity index (χ0) is 13.4. The van der Waals surface area contributed by atoms with Gasteiger partial charge >= 0.3 is 0 Å². The first kappa shape index (κ1) is 12.3. The fourth-order valence-electron chi connectivity index (χ4n) is 2.26. The maximum atomic E-state index is 14.0. The van der Waals surface area contributed by atoms with Crippen molar-refractivity contribution in [1.29, 1.82) is 0 Å². The largest absolute Gasteiger partial charge is 0.496 e. The molecule has 0 N–H and O–H groups in total. The number of benzene rings is 1. The summed E-state index contributed by atoms with van der Waals surface area (Å²) < 4.78 is 19.2. The van der Waals surface area contributed by atoms with Gasteiger partial charge in [0, 0.05) is 11.3 Å². The molecule has 3 nitrogen and oxygen atoms in total. The molecule has 0 bridgehead atoms. The number of fused-ring (bicyclic) bond motifs is 1. The lowest BCUT2D eigenvalue weighted by Gasteiger charge is -2.06. The summed E-state index contributed by atoms with van der Waals surface area (Å²) >= 11 is 1.38. The van der Waals surface area contributed by atoms with E-state index in [9.17, 15) is 9.18 Å². The average Bonchev–Trinajstić information content (AvgIpc) is 2.83. The fourth-order valence-corrected chi connectivity index (χ4v) is 3.43. The van der Waals surface area contributed by atoms with Crippen molar-refractivity contribution >= 4 is 17.1 Å². The van der Waals surface area contributed by atoms with Gasteiger partial charge in [0.25, 0.3) is 0 Å². The van der Waals surface area contributed by atoms with Gasteiger partial charge in [0.15, 0.2) is 5.78 Å². The number of hydrogen-bond acceptors (Lipinski definition) is 4. The number of nitrogens with zero attached hydrogens (tertiary/aromatic N) is 1. The van der Waals surface area contributed by atoms with Gasteiger partial charge in [-0.15, -0.1) is 11.3 Å². The zero-order valence-corrected chi connectivity index (χ0v) is 11.2. The molecular weight excluding hydrogens is 265 g/mol. The summed E-state index contributed by atoms with van der Waals surface area (Å²) in [7, 11) is 1.50. The van der Waals surface area contributed by atoms with Crippen molar-refractivity contribution in [3.05, 3.63) is 34.6 Å². The molecule has 19 heavy (non-hydrogen) atoms. The lowest BCUT2D eigenvalue weighted by Crippen LogP contribution is -2.08. The number of hydrogen-bond donors (Lipinski definition) is 0. The van der Waals surface area contributed by atoms with Crippen LogP contribution in [0.15, 0.2) is 18.2 Å². The second-order valence-electron chi connectivity index (χ2n) is 4.38. The number of thiazole rings is 1. The third kappa shape index (κ3) is 2.04. The van der Waals surface area contributed by atoms with E-state index in [1.165, 1.54) is 24.5 Å². The molecule has 98 valence electrons. The Balaban J connectivity index is 2.16. The molecule has 0 fully saturated rings. The Morgan fingerprint density at radius 1 is 1.37 bits per heavy atom. The van der Waals surface area contributed by atoms with Crippen LogP contribution in [-0.4, -0.2) is 17.9 Å². The molecule has 0 atom stereocenters. The molecular formula is C14H12FNO2S. The lowest BCUT2D eigenvalue weighted by molar-refractivity contribution is 0.0968. The van der Waals surface area contributed by atoms with Crippen molar-refractivity contribution in [1.82, 2.24) is 4.98 Å². The van der Waals surface area contributed by atoms with Crippen LogP contribution in [-0.2, 0) is 6.42 Å². The van der Waals surface area contributed by atoms with Gasteiger partial charge < -0.3 is 4.74 Å². The maximum Gasteiger partial charge on any atom is 0.182 e. The Kier molecular flexibility index (Phi) is 3.06. The first-order chi connectivity index (χ1) is 9.20. The van der Waals surface area contributed by atoms with Gasteiger partial charge in [-0.2, -0.15) is 0 Å². The Hall–Kier alpha value is -1.75. The number of aryl methyl sites for hydroxylation is 1. The first-order valence-corrected chi connectivity index (χ1v) is 6.88. The minimum atomic E-state index is -0.377. The van der Waals surface area contributed by atoms with Crippen LogP contribution in [0, 0.1) is 5.82 Å². The van der Waals surface area contributed by atoms with Crippen LogP contribution >= 0.6 is 11.3 Å². The Bertz CT molecular complexity index is 651. The molecule has 0 spiro atoms. The van der Waals surface area contributed by atoms with E-state index in [0.717, 1.165) is 17.7 Å². The highest BCUT2D eigenvalue weighted by Gasteiger charge is 2.25. The van der Waals surface area contributed by atoms with Crippen molar-refractivity contribution < 1.29 is 13.9 Å². The lowest BCUT2D eigenvalue weighted by atomic mass is 10.0. The quantitative estimate of drug-likeness (QED) is 0.843. The van der Waals surface area contributed by atoms with E-state index in [2.05, 4.69) is 4.98 Å². The Morgan fingerprint density at radius 3 is 2.95 bits per heavy atom. The number of carbonyl (C=O) groups is 1. The summed E-state index contributed by atoms with van der Waals surface area (Å²) in [5, 5.41) is 0.523. The number of ketones is 1. The van der Waals surface area contributed by atoms with Gasteiger partial charge in [-0.1, -0.05) is 6.07 Å². The highest BCUT2D eigenvalue weighted by Crippen LogP contribution is 2.38. The smallest absolute Gasteiger partial charge is 0.182 e. The Labute approximate surface area is 114 Å². The normalized spacial score (nSPS) is 14.3. The van der Waals surface area contributed by atoms with E-state index in [1.807, 2.05) is 0 Å². The van der Waals surface area contributed by atoms with E-state index in [-0.39, 0.29) is 11.6 Å². The molecule has 3 rings (SSSR count). The standard InChI is InChI=1S/C14H12FNO2S/c1-18-10-6-2-4-8(15)12(10)14-16-13-9(17)5-3-7-11(13)19-14/h2,4,6H,3,5,7H2,1H3. The maximum absolute atomic E-state index is 14.0. The highest BCUT2D eigenvalue weighted by molar-refractivity contribution is 7.15. The van der Waals surface area contributed by atoms with Crippen LogP contribution in [0.4, 0.5) is 4.39 Å². The number of rotatable bonds is 2. The predicted molar refractivity (Wildman–Crippen MR) is 71.3 cm³/mol. The molecule has 1 aromatic heterocycles. The van der Waals surface area contributed by atoms with Crippen molar-refractivity contribution in [2.24, 2.45) is 0 Å². The summed E-state index contributed by atoms with van der Waals surface area (Å²) in [5.74, 6) is 0.121. The van der Waals surface area contributed by atoms with Gasteiger partial charge in [0.1, 0.15) is 22.3 Å². The number of carbonyl (C=O) groups excluding carboxylic acids is 1. The van der Waals surface area contributed by atoms with Crippen LogP contribution in [0.3, 0.4) is 0 Å². The third-order valence-corrected chi connectivity index (χ3v) is 4.31. The van der Waals surface area contributed by atoms with E-state index in [4.69, 9.17) is 4.74 Å². The summed E-state index contributed by atoms with van der Waals surface area (Å²) in [6, 6.07) is 4.66. The molecule has 1 aliphatic carbocycles. The fraction of sp³-hybridized carbons (Fsp3) is 0.286. The Morgan fingerprint density at radius 2 is 2.21 bits per heavy atom. The van der Waals surface area contributed by atoms with E-state index in [0.29, 0.717) is 28.4 Å². The predicted octanol–water partition coefficient (Wildman–Crippen LogP) is 3.48. The van der Waals surface area contributed by atoms with Gasteiger partial charge in [-0.25, -0.2) is 9.37 Å². The second-order valence-corrected chi connectivity index (χ2v) is 5.47. The molecule has 0 aliphatic heterocycles. The molecule has 5 heteroatoms. The number of halogens is 1. The third-order valence-electron chi connectivity index (χ3n) is 3.18. The van der Waals surface area contributed by atoms with Crippen molar-refractivity contribution in [2.75, 3.05) is 7.11 Å². The van der Waals surface area contributed by atoms with Gasteiger partial charge in [-0.05, 0) is 25.0 Å². The van der Waals surface area contributed by atoms with Crippen LogP contribution in [0.5, 0.6) is 5.75 Å². The minimum Gasteiger partial charge on any atom is -0.496 e. The van der Waals surface area contributed by atoms with Crippen molar-refractivity contribution in [3.8, 4) is 16.3 Å². The first-order valence-electron chi connectivity index (χ1n) is 6.06. The number of aromatic nitrogens is 1. The van der Waals surface area contributed by atoms with Gasteiger partial charge in [0.2, 0.25) is 0 Å². The van der Waals surface area contributed by atoms with Crippen LogP contribution in [0.2, 0.25) is 0 Å². The molecule has 0 saturated carbocycles. The van der Waals surface area contributed by atoms with Crippen molar-refractivity contribution in [2.45, 2.75) is 19.3 Å². The molecule has 0 amide bonds. The van der Waals surface area contributed by atoms with Gasteiger partial charge in [-0.3, -0.25) is 4.79 Å². The summed E-state index contributed by atoms with van der Waals surface area (Å²) in [6.07, 6.45) is 2.22.